The highest BCUT2D eigenvalue weighted by atomic mass is 35.5. The van der Waals surface area contributed by atoms with E-state index in [-0.39, 0.29) is 5.25 Å². The molecule has 0 N–H and O–H groups in total. The third-order valence-corrected chi connectivity index (χ3v) is 4.06. The molecular weight excluding hydrogens is 243 g/mol. The quantitative estimate of drug-likeness (QED) is 0.481. The van der Waals surface area contributed by atoms with E-state index in [0.717, 1.165) is 10.8 Å². The minimum Gasteiger partial charge on any atom is -0.174 e. The van der Waals surface area contributed by atoms with Gasteiger partial charge in [-0.05, 0) is 24.3 Å². The number of alkyl halides is 1. The van der Waals surface area contributed by atoms with Gasteiger partial charge in [0.2, 0.25) is 0 Å². The van der Waals surface area contributed by atoms with E-state index in [0.29, 0.717) is 5.88 Å². The lowest BCUT2D eigenvalue weighted by Crippen LogP contribution is -2.02. The first-order valence-corrected chi connectivity index (χ1v) is 6.26. The van der Waals surface area contributed by atoms with Crippen LogP contribution in [0.3, 0.4) is 0 Å². The van der Waals surface area contributed by atoms with E-state index in [4.69, 9.17) is 23.2 Å². The highest BCUT2D eigenvalue weighted by molar-refractivity contribution is 8.00. The summed E-state index contributed by atoms with van der Waals surface area (Å²) in [6.45, 7) is 0. The summed E-state index contributed by atoms with van der Waals surface area (Å²) in [4.78, 5) is 1.20. The number of hydrogen-bond acceptors (Lipinski definition) is 2. The number of benzene rings is 1. The van der Waals surface area contributed by atoms with Crippen LogP contribution in [0.15, 0.2) is 29.2 Å². The van der Waals surface area contributed by atoms with E-state index in [1.807, 2.05) is 24.3 Å². The number of halogens is 2. The van der Waals surface area contributed by atoms with Crippen LogP contribution < -0.4 is 0 Å². The molecule has 0 spiro atoms. The topological polar surface area (TPSA) is 0 Å². The molecule has 13 heavy (non-hydrogen) atoms. The van der Waals surface area contributed by atoms with Crippen molar-refractivity contribution in [2.45, 2.75) is 10.1 Å². The lowest BCUT2D eigenvalue weighted by atomic mass is 10.4. The van der Waals surface area contributed by atoms with Crippen molar-refractivity contribution in [3.63, 3.8) is 0 Å². The number of thiol groups is 1. The molecule has 0 aliphatic carbocycles. The molecule has 0 aliphatic heterocycles. The van der Waals surface area contributed by atoms with Gasteiger partial charge in [0.15, 0.2) is 0 Å². The van der Waals surface area contributed by atoms with Crippen LogP contribution in [-0.4, -0.2) is 16.9 Å². The average Bonchev–Trinajstić information content (AvgIpc) is 2.16. The minimum atomic E-state index is 0.252. The molecule has 1 atom stereocenters. The summed E-state index contributed by atoms with van der Waals surface area (Å²) in [7, 11) is 0. The van der Waals surface area contributed by atoms with Crippen LogP contribution in [0.5, 0.6) is 0 Å². The van der Waals surface area contributed by atoms with Gasteiger partial charge in [-0.25, -0.2) is 0 Å². The lowest BCUT2D eigenvalue weighted by molar-refractivity contribution is 1.15. The van der Waals surface area contributed by atoms with E-state index in [1.54, 1.807) is 11.8 Å². The van der Waals surface area contributed by atoms with Gasteiger partial charge < -0.3 is 0 Å². The van der Waals surface area contributed by atoms with Gasteiger partial charge in [0.1, 0.15) is 0 Å². The van der Waals surface area contributed by atoms with Crippen LogP contribution >= 0.6 is 47.6 Å². The zero-order valence-electron chi connectivity index (χ0n) is 6.91. The molecule has 0 aromatic heterocycles. The van der Waals surface area contributed by atoms with Crippen LogP contribution in [0.2, 0.25) is 5.02 Å². The molecule has 0 nitrogen and oxygen atoms in total. The van der Waals surface area contributed by atoms with Crippen molar-refractivity contribution in [2.24, 2.45) is 0 Å². The maximum Gasteiger partial charge on any atom is 0.0406 e. The minimum absolute atomic E-state index is 0.252. The summed E-state index contributed by atoms with van der Waals surface area (Å²) >= 11 is 17.4. The first-order valence-electron chi connectivity index (χ1n) is 3.85. The molecule has 0 saturated heterocycles. The third kappa shape index (κ3) is 4.50. The summed E-state index contributed by atoms with van der Waals surface area (Å²) < 4.78 is 0. The first kappa shape index (κ1) is 11.6. The molecule has 0 heterocycles. The standard InChI is InChI=1S/C9H10Cl2S2/c10-5-8(12)6-13-9-3-1-7(11)2-4-9/h1-4,8,12H,5-6H2. The van der Waals surface area contributed by atoms with Crippen LogP contribution in [-0.2, 0) is 0 Å². The SMILES string of the molecule is SC(CCl)CSc1ccc(Cl)cc1. The Bertz CT molecular complexity index is 248. The predicted octanol–water partition coefficient (Wildman–Crippen LogP) is 3.97. The first-order chi connectivity index (χ1) is 6.22. The van der Waals surface area contributed by atoms with Crippen molar-refractivity contribution in [1.29, 1.82) is 0 Å². The summed E-state index contributed by atoms with van der Waals surface area (Å²) in [5.41, 5.74) is 0. The van der Waals surface area contributed by atoms with Crippen LogP contribution in [0.4, 0.5) is 0 Å². The van der Waals surface area contributed by atoms with Gasteiger partial charge in [0.25, 0.3) is 0 Å². The Balaban J connectivity index is 2.41. The predicted molar refractivity (Wildman–Crippen MR) is 65.7 cm³/mol. The molecule has 1 unspecified atom stereocenters. The zero-order valence-corrected chi connectivity index (χ0v) is 10.1. The molecule has 0 bridgehead atoms. The molecule has 1 aromatic rings. The van der Waals surface area contributed by atoms with Crippen molar-refractivity contribution in [3.8, 4) is 0 Å². The molecule has 4 heteroatoms. The van der Waals surface area contributed by atoms with E-state index < -0.39 is 0 Å². The average molecular weight is 253 g/mol. The Morgan fingerprint density at radius 2 is 1.92 bits per heavy atom. The molecule has 0 aliphatic rings. The number of hydrogen-bond donors (Lipinski definition) is 1. The Hall–Kier alpha value is 0.500. The second-order valence-corrected chi connectivity index (χ2v) is 5.14. The molecule has 1 aromatic carbocycles. The monoisotopic (exact) mass is 252 g/mol. The zero-order chi connectivity index (χ0) is 9.68. The molecule has 72 valence electrons. The second kappa shape index (κ2) is 6.07. The van der Waals surface area contributed by atoms with E-state index in [9.17, 15) is 0 Å². The third-order valence-electron chi connectivity index (χ3n) is 1.43. The Labute approximate surface area is 98.4 Å². The highest BCUT2D eigenvalue weighted by Crippen LogP contribution is 2.22. The molecule has 0 fully saturated rings. The largest absolute Gasteiger partial charge is 0.174 e. The van der Waals surface area contributed by atoms with Crippen molar-refractivity contribution in [3.05, 3.63) is 29.3 Å². The maximum absolute atomic E-state index is 5.76. The van der Waals surface area contributed by atoms with Crippen LogP contribution in [0.1, 0.15) is 0 Å². The molecule has 0 saturated carbocycles. The van der Waals surface area contributed by atoms with Gasteiger partial charge in [-0.1, -0.05) is 11.6 Å². The van der Waals surface area contributed by atoms with Gasteiger partial charge >= 0.3 is 0 Å². The molecular formula is C9H10Cl2S2. The fraction of sp³-hybridized carbons (Fsp3) is 0.333. The Kier molecular flexibility index (Phi) is 5.41. The van der Waals surface area contributed by atoms with Crippen molar-refractivity contribution in [1.82, 2.24) is 0 Å². The summed E-state index contributed by atoms with van der Waals surface area (Å²) in [5.74, 6) is 1.51. The van der Waals surface area contributed by atoms with E-state index >= 15 is 0 Å². The maximum atomic E-state index is 5.76. The Morgan fingerprint density at radius 3 is 2.46 bits per heavy atom. The highest BCUT2D eigenvalue weighted by Gasteiger charge is 2.01. The van der Waals surface area contributed by atoms with Crippen molar-refractivity contribution >= 4 is 47.6 Å². The summed E-state index contributed by atoms with van der Waals surface area (Å²) in [6, 6.07) is 7.78. The van der Waals surface area contributed by atoms with Crippen LogP contribution in [0.25, 0.3) is 0 Å². The lowest BCUT2D eigenvalue weighted by Gasteiger charge is -2.05. The van der Waals surface area contributed by atoms with Crippen molar-refractivity contribution in [2.75, 3.05) is 11.6 Å². The van der Waals surface area contributed by atoms with Crippen LogP contribution in [0, 0.1) is 0 Å². The summed E-state index contributed by atoms with van der Waals surface area (Å²) in [6.07, 6.45) is 0. The molecule has 0 amide bonds. The molecule has 0 radical (unpaired) electrons. The van der Waals surface area contributed by atoms with E-state index in [1.165, 1.54) is 4.90 Å². The summed E-state index contributed by atoms with van der Waals surface area (Å²) in [5, 5.41) is 1.02. The number of rotatable bonds is 4. The molecule has 1 rings (SSSR count). The van der Waals surface area contributed by atoms with Gasteiger partial charge in [0, 0.05) is 26.8 Å². The normalized spacial score (nSPS) is 12.8. The second-order valence-electron chi connectivity index (χ2n) is 2.57. The van der Waals surface area contributed by atoms with Gasteiger partial charge in [-0.15, -0.1) is 23.4 Å². The van der Waals surface area contributed by atoms with Gasteiger partial charge in [-0.2, -0.15) is 12.6 Å². The smallest absolute Gasteiger partial charge is 0.0406 e. The van der Waals surface area contributed by atoms with Gasteiger partial charge in [-0.3, -0.25) is 0 Å². The van der Waals surface area contributed by atoms with Gasteiger partial charge in [0.05, 0.1) is 0 Å². The Morgan fingerprint density at radius 1 is 1.31 bits per heavy atom. The van der Waals surface area contributed by atoms with E-state index in [2.05, 4.69) is 12.6 Å². The fourth-order valence-corrected chi connectivity index (χ4v) is 2.19. The number of thioether (sulfide) groups is 1. The van der Waals surface area contributed by atoms with Crippen molar-refractivity contribution < 1.29 is 0 Å². The fourth-order valence-electron chi connectivity index (χ4n) is 0.768.